The van der Waals surface area contributed by atoms with Gasteiger partial charge in [-0.15, -0.1) is 0 Å². The second kappa shape index (κ2) is 8.86. The van der Waals surface area contributed by atoms with E-state index in [1.807, 2.05) is 23.1 Å². The topological polar surface area (TPSA) is 90.9 Å². The second-order valence-electron chi connectivity index (χ2n) is 8.67. The zero-order valence-electron chi connectivity index (χ0n) is 18.5. The molecule has 2 aliphatic heterocycles. The number of fused-ring (bicyclic) bond motifs is 3. The highest BCUT2D eigenvalue weighted by molar-refractivity contribution is 6.13. The molecular weight excluding hydrogens is 408 g/mol. The van der Waals surface area contributed by atoms with Gasteiger partial charge < -0.3 is 29.4 Å². The van der Waals surface area contributed by atoms with Gasteiger partial charge in [-0.3, -0.25) is 0 Å². The third kappa shape index (κ3) is 3.83. The van der Waals surface area contributed by atoms with E-state index in [1.165, 1.54) is 25.9 Å². The molecule has 2 fully saturated rings. The predicted molar refractivity (Wildman–Crippen MR) is 124 cm³/mol. The number of methoxy groups -OCH3 is 1. The average molecular weight is 439 g/mol. The molecule has 0 bridgehead atoms. The van der Waals surface area contributed by atoms with Gasteiger partial charge in [0, 0.05) is 30.7 Å². The van der Waals surface area contributed by atoms with Crippen LogP contribution in [0.15, 0.2) is 24.4 Å². The van der Waals surface area contributed by atoms with Gasteiger partial charge in [0.25, 0.3) is 0 Å². The molecule has 4 heterocycles. The molecule has 8 heteroatoms. The van der Waals surface area contributed by atoms with Gasteiger partial charge in [0.1, 0.15) is 11.9 Å². The normalized spacial score (nSPS) is 19.3. The van der Waals surface area contributed by atoms with E-state index >= 15 is 0 Å². The first-order chi connectivity index (χ1) is 15.7. The maximum absolute atomic E-state index is 11.8. The van der Waals surface area contributed by atoms with Crippen LogP contribution in [0.1, 0.15) is 32.1 Å². The first-order valence-corrected chi connectivity index (χ1v) is 11.5. The van der Waals surface area contributed by atoms with Gasteiger partial charge in [0.2, 0.25) is 0 Å². The van der Waals surface area contributed by atoms with E-state index < -0.39 is 12.0 Å². The van der Waals surface area contributed by atoms with Crippen molar-refractivity contribution in [2.45, 2.75) is 38.1 Å². The van der Waals surface area contributed by atoms with E-state index in [9.17, 15) is 9.90 Å². The molecule has 8 nitrogen and oxygen atoms in total. The number of carbonyl (C=O) groups is 1. The number of H-pyrrole nitrogens is 1. The molecule has 0 amide bonds. The highest BCUT2D eigenvalue weighted by Gasteiger charge is 2.33. The number of anilines is 1. The molecule has 2 saturated heterocycles. The van der Waals surface area contributed by atoms with Crippen LogP contribution in [0.25, 0.3) is 21.8 Å². The van der Waals surface area contributed by atoms with Crippen LogP contribution in [-0.2, 0) is 4.79 Å². The first-order valence-electron chi connectivity index (χ1n) is 11.5. The van der Waals surface area contributed by atoms with Crippen molar-refractivity contribution in [3.8, 4) is 11.5 Å². The van der Waals surface area contributed by atoms with Crippen LogP contribution in [-0.4, -0.2) is 71.9 Å². The minimum Gasteiger partial charge on any atom is -0.493 e. The highest BCUT2D eigenvalue weighted by Crippen LogP contribution is 2.40. The summed E-state index contributed by atoms with van der Waals surface area (Å²) in [6.45, 7) is 4.78. The summed E-state index contributed by atoms with van der Waals surface area (Å²) in [6, 6.07) is 5.33. The third-order valence-corrected chi connectivity index (χ3v) is 6.66. The number of carboxylic acid groups (broad SMARTS) is 1. The Bertz CT molecular complexity index is 1120. The summed E-state index contributed by atoms with van der Waals surface area (Å²) in [4.78, 5) is 24.2. The number of nitrogens with zero attached hydrogens (tertiary/aromatic N) is 3. The Morgan fingerprint density at radius 1 is 1.19 bits per heavy atom. The van der Waals surface area contributed by atoms with Crippen molar-refractivity contribution in [3.05, 3.63) is 24.4 Å². The fourth-order valence-corrected chi connectivity index (χ4v) is 5.08. The summed E-state index contributed by atoms with van der Waals surface area (Å²) in [6.07, 6.45) is 6.79. The molecule has 1 atom stereocenters. The lowest BCUT2D eigenvalue weighted by molar-refractivity contribution is -0.138. The molecule has 32 heavy (non-hydrogen) atoms. The summed E-state index contributed by atoms with van der Waals surface area (Å²) in [5.41, 5.74) is 1.85. The Morgan fingerprint density at radius 2 is 2.03 bits per heavy atom. The van der Waals surface area contributed by atoms with Gasteiger partial charge >= 0.3 is 5.97 Å². The van der Waals surface area contributed by atoms with Crippen molar-refractivity contribution in [2.75, 3.05) is 44.8 Å². The fraction of sp³-hybridized carbons (Fsp3) is 0.500. The van der Waals surface area contributed by atoms with E-state index in [0.29, 0.717) is 36.9 Å². The van der Waals surface area contributed by atoms with Crippen LogP contribution < -0.4 is 14.4 Å². The highest BCUT2D eigenvalue weighted by atomic mass is 16.5. The SMILES string of the molecule is COc1cc2c(cc1OCCCN1CCCC1)[nH]c1ccnc(N3CCCC3C(=O)O)c12. The minimum absolute atomic E-state index is 0.543. The molecule has 2 aliphatic rings. The Morgan fingerprint density at radius 3 is 2.81 bits per heavy atom. The lowest BCUT2D eigenvalue weighted by Gasteiger charge is -2.23. The summed E-state index contributed by atoms with van der Waals surface area (Å²) >= 11 is 0. The van der Waals surface area contributed by atoms with Gasteiger partial charge in [-0.05, 0) is 57.3 Å². The summed E-state index contributed by atoms with van der Waals surface area (Å²) < 4.78 is 11.7. The average Bonchev–Trinajstić information content (AvgIpc) is 3.55. The van der Waals surface area contributed by atoms with E-state index in [4.69, 9.17) is 9.47 Å². The van der Waals surface area contributed by atoms with E-state index in [0.717, 1.165) is 41.2 Å². The molecule has 0 spiro atoms. The molecule has 0 saturated carbocycles. The number of likely N-dealkylation sites (tertiary alicyclic amines) is 1. The number of hydrogen-bond donors (Lipinski definition) is 2. The van der Waals surface area contributed by atoms with Gasteiger partial charge in [-0.25, -0.2) is 9.78 Å². The van der Waals surface area contributed by atoms with Crippen LogP contribution in [0, 0.1) is 0 Å². The van der Waals surface area contributed by atoms with Crippen LogP contribution in [0.2, 0.25) is 0 Å². The van der Waals surface area contributed by atoms with Gasteiger partial charge in [-0.2, -0.15) is 0 Å². The number of aliphatic carboxylic acids is 1. The number of benzene rings is 1. The van der Waals surface area contributed by atoms with Crippen molar-refractivity contribution in [3.63, 3.8) is 0 Å². The number of rotatable bonds is 8. The maximum Gasteiger partial charge on any atom is 0.326 e. The number of carboxylic acids is 1. The Kier molecular flexibility index (Phi) is 5.78. The van der Waals surface area contributed by atoms with Crippen LogP contribution in [0.4, 0.5) is 5.82 Å². The van der Waals surface area contributed by atoms with Gasteiger partial charge in [0.15, 0.2) is 11.5 Å². The van der Waals surface area contributed by atoms with Crippen LogP contribution in [0.5, 0.6) is 11.5 Å². The predicted octanol–water partition coefficient (Wildman–Crippen LogP) is 3.64. The van der Waals surface area contributed by atoms with E-state index in [1.54, 1.807) is 13.3 Å². The van der Waals surface area contributed by atoms with Gasteiger partial charge in [-0.1, -0.05) is 0 Å². The zero-order valence-corrected chi connectivity index (χ0v) is 18.5. The molecule has 170 valence electrons. The molecule has 2 N–H and O–H groups in total. The van der Waals surface area contributed by atoms with E-state index in [-0.39, 0.29) is 0 Å². The monoisotopic (exact) mass is 438 g/mol. The molecule has 3 aromatic rings. The van der Waals surface area contributed by atoms with Crippen molar-refractivity contribution in [1.29, 1.82) is 0 Å². The molecular formula is C24H30N4O4. The van der Waals surface area contributed by atoms with Crippen LogP contribution >= 0.6 is 0 Å². The quantitative estimate of drug-likeness (QED) is 0.519. The molecule has 2 aromatic heterocycles. The number of aromatic nitrogens is 2. The van der Waals surface area contributed by atoms with Crippen molar-refractivity contribution in [2.24, 2.45) is 0 Å². The first kappa shape index (κ1) is 20.9. The minimum atomic E-state index is -0.802. The van der Waals surface area contributed by atoms with Crippen molar-refractivity contribution < 1.29 is 19.4 Å². The number of nitrogens with one attached hydrogen (secondary N) is 1. The Balaban J connectivity index is 1.45. The summed E-state index contributed by atoms with van der Waals surface area (Å²) in [5.74, 6) is 1.29. The van der Waals surface area contributed by atoms with Gasteiger partial charge in [0.05, 0.1) is 30.1 Å². The molecule has 0 radical (unpaired) electrons. The fourth-order valence-electron chi connectivity index (χ4n) is 5.08. The maximum atomic E-state index is 11.8. The molecule has 0 aliphatic carbocycles. The van der Waals surface area contributed by atoms with E-state index in [2.05, 4.69) is 14.9 Å². The standard InChI is InChI=1S/C24H30N4O4/c1-31-20-14-16-18(15-21(20)32-13-5-11-27-9-2-3-10-27)26-17-7-8-25-23(22(16)17)28-12-4-6-19(28)24(29)30/h7-8,14-15,19,26H,2-6,9-13H2,1H3,(H,29,30). The number of pyridine rings is 1. The van der Waals surface area contributed by atoms with Crippen molar-refractivity contribution in [1.82, 2.24) is 14.9 Å². The third-order valence-electron chi connectivity index (χ3n) is 6.66. The molecule has 5 rings (SSSR count). The summed E-state index contributed by atoms with van der Waals surface area (Å²) in [7, 11) is 1.65. The lowest BCUT2D eigenvalue weighted by Crippen LogP contribution is -2.36. The Hall–Kier alpha value is -3.00. The smallest absolute Gasteiger partial charge is 0.326 e. The Labute approximate surface area is 187 Å². The van der Waals surface area contributed by atoms with Crippen molar-refractivity contribution >= 4 is 33.6 Å². The largest absolute Gasteiger partial charge is 0.493 e. The lowest BCUT2D eigenvalue weighted by atomic mass is 10.1. The zero-order chi connectivity index (χ0) is 22.1. The number of hydrogen-bond acceptors (Lipinski definition) is 6. The van der Waals surface area contributed by atoms with Crippen LogP contribution in [0.3, 0.4) is 0 Å². The number of ether oxygens (including phenoxy) is 2. The molecule has 1 unspecified atom stereocenters. The second-order valence-corrected chi connectivity index (χ2v) is 8.67. The number of aromatic amines is 1. The molecule has 1 aromatic carbocycles. The summed E-state index contributed by atoms with van der Waals surface area (Å²) in [5, 5.41) is 11.5.